The van der Waals surface area contributed by atoms with Crippen molar-refractivity contribution in [3.8, 4) is 6.07 Å². The molecule has 0 saturated carbocycles. The highest BCUT2D eigenvalue weighted by molar-refractivity contribution is 5.14. The minimum atomic E-state index is -0.338. The molecule has 1 N–H and O–H groups in total. The highest BCUT2D eigenvalue weighted by Gasteiger charge is 2.25. The fraction of sp³-hybridized carbons (Fsp3) is 0.611. The van der Waals surface area contributed by atoms with Gasteiger partial charge in [-0.2, -0.15) is 5.26 Å². The molecule has 0 aliphatic heterocycles. The Labute approximate surface area is 130 Å². The molecule has 0 radical (unpaired) electrons. The van der Waals surface area contributed by atoms with E-state index in [0.29, 0.717) is 0 Å². The van der Waals surface area contributed by atoms with Crippen LogP contribution in [0, 0.1) is 11.3 Å². The van der Waals surface area contributed by atoms with Crippen molar-refractivity contribution in [3.05, 3.63) is 35.9 Å². The highest BCUT2D eigenvalue weighted by atomic mass is 15.1. The SMILES string of the molecule is CCNC(C#N)(CC)CCCN(C)CCc1ccccc1. The summed E-state index contributed by atoms with van der Waals surface area (Å²) in [5.74, 6) is 0. The van der Waals surface area contributed by atoms with Gasteiger partial charge in [-0.15, -0.1) is 0 Å². The summed E-state index contributed by atoms with van der Waals surface area (Å²) >= 11 is 0. The number of hydrogen-bond acceptors (Lipinski definition) is 3. The first-order valence-electron chi connectivity index (χ1n) is 8.04. The quantitative estimate of drug-likeness (QED) is 0.718. The smallest absolute Gasteiger partial charge is 0.106 e. The second-order valence-electron chi connectivity index (χ2n) is 5.72. The van der Waals surface area contributed by atoms with Crippen LogP contribution in [0.4, 0.5) is 0 Å². The lowest BCUT2D eigenvalue weighted by molar-refractivity contribution is 0.298. The van der Waals surface area contributed by atoms with Crippen molar-refractivity contribution in [2.24, 2.45) is 0 Å². The fourth-order valence-electron chi connectivity index (χ4n) is 2.63. The van der Waals surface area contributed by atoms with Crippen molar-refractivity contribution in [3.63, 3.8) is 0 Å². The standard InChI is InChI=1S/C18H29N3/c1-4-18(16-19,20-5-2)13-9-14-21(3)15-12-17-10-7-6-8-11-17/h6-8,10-11,20H,4-5,9,12-15H2,1-3H3. The number of rotatable bonds is 10. The molecular formula is C18H29N3. The zero-order chi connectivity index (χ0) is 15.6. The van der Waals surface area contributed by atoms with E-state index >= 15 is 0 Å². The van der Waals surface area contributed by atoms with Gasteiger partial charge in [-0.1, -0.05) is 44.2 Å². The van der Waals surface area contributed by atoms with Crippen LogP contribution in [0.2, 0.25) is 0 Å². The topological polar surface area (TPSA) is 39.1 Å². The number of nitrogens with one attached hydrogen (secondary N) is 1. The summed E-state index contributed by atoms with van der Waals surface area (Å²) < 4.78 is 0. The Hall–Kier alpha value is -1.37. The van der Waals surface area contributed by atoms with Crippen LogP contribution in [0.3, 0.4) is 0 Å². The highest BCUT2D eigenvalue weighted by Crippen LogP contribution is 2.16. The molecule has 0 amide bonds. The number of hydrogen-bond donors (Lipinski definition) is 1. The van der Waals surface area contributed by atoms with Gasteiger partial charge in [-0.25, -0.2) is 0 Å². The first-order valence-corrected chi connectivity index (χ1v) is 8.04. The molecule has 0 saturated heterocycles. The average Bonchev–Trinajstić information content (AvgIpc) is 2.53. The molecule has 1 rings (SSSR count). The molecule has 3 heteroatoms. The lowest BCUT2D eigenvalue weighted by atomic mass is 9.92. The zero-order valence-corrected chi connectivity index (χ0v) is 13.7. The summed E-state index contributed by atoms with van der Waals surface area (Å²) in [6.07, 6.45) is 3.93. The van der Waals surface area contributed by atoms with Gasteiger partial charge < -0.3 is 4.90 Å². The van der Waals surface area contributed by atoms with Crippen molar-refractivity contribution in [2.45, 2.75) is 45.1 Å². The largest absolute Gasteiger partial charge is 0.306 e. The van der Waals surface area contributed by atoms with Gasteiger partial charge in [0.25, 0.3) is 0 Å². The molecule has 0 aliphatic carbocycles. The van der Waals surface area contributed by atoms with Crippen molar-refractivity contribution in [1.29, 1.82) is 5.26 Å². The van der Waals surface area contributed by atoms with Crippen LogP contribution in [0.25, 0.3) is 0 Å². The number of nitrogens with zero attached hydrogens (tertiary/aromatic N) is 2. The number of nitriles is 1. The Balaban J connectivity index is 2.29. The van der Waals surface area contributed by atoms with Crippen LogP contribution in [0.5, 0.6) is 0 Å². The van der Waals surface area contributed by atoms with Gasteiger partial charge in [0.05, 0.1) is 6.07 Å². The van der Waals surface area contributed by atoms with E-state index < -0.39 is 0 Å². The minimum Gasteiger partial charge on any atom is -0.306 e. The lowest BCUT2D eigenvalue weighted by Crippen LogP contribution is -2.43. The molecule has 21 heavy (non-hydrogen) atoms. The third kappa shape index (κ3) is 6.29. The number of benzene rings is 1. The van der Waals surface area contributed by atoms with Crippen LogP contribution in [-0.2, 0) is 6.42 Å². The average molecular weight is 287 g/mol. The Morgan fingerprint density at radius 2 is 1.90 bits per heavy atom. The third-order valence-electron chi connectivity index (χ3n) is 4.10. The molecule has 0 aliphatic rings. The van der Waals surface area contributed by atoms with Crippen LogP contribution >= 0.6 is 0 Å². The van der Waals surface area contributed by atoms with E-state index in [1.54, 1.807) is 0 Å². The fourth-order valence-corrected chi connectivity index (χ4v) is 2.63. The Morgan fingerprint density at radius 1 is 1.19 bits per heavy atom. The zero-order valence-electron chi connectivity index (χ0n) is 13.7. The molecule has 0 heterocycles. The van der Waals surface area contributed by atoms with E-state index in [1.807, 2.05) is 0 Å². The second-order valence-corrected chi connectivity index (χ2v) is 5.72. The predicted molar refractivity (Wildman–Crippen MR) is 89.2 cm³/mol. The van der Waals surface area contributed by atoms with Crippen LogP contribution < -0.4 is 5.32 Å². The van der Waals surface area contributed by atoms with E-state index in [1.165, 1.54) is 5.56 Å². The normalized spacial score (nSPS) is 13.9. The first kappa shape index (κ1) is 17.7. The van der Waals surface area contributed by atoms with Crippen molar-refractivity contribution in [2.75, 3.05) is 26.7 Å². The summed E-state index contributed by atoms with van der Waals surface area (Å²) in [6.45, 7) is 7.11. The van der Waals surface area contributed by atoms with Gasteiger partial charge >= 0.3 is 0 Å². The van der Waals surface area contributed by atoms with Crippen LogP contribution in [-0.4, -0.2) is 37.1 Å². The predicted octanol–water partition coefficient (Wildman–Crippen LogP) is 3.22. The van der Waals surface area contributed by atoms with Gasteiger partial charge in [0.1, 0.15) is 5.54 Å². The summed E-state index contributed by atoms with van der Waals surface area (Å²) in [4.78, 5) is 2.36. The van der Waals surface area contributed by atoms with E-state index in [4.69, 9.17) is 0 Å². The van der Waals surface area contributed by atoms with E-state index in [2.05, 4.69) is 67.5 Å². The van der Waals surface area contributed by atoms with Crippen LogP contribution in [0.1, 0.15) is 38.7 Å². The van der Waals surface area contributed by atoms with Gasteiger partial charge in [0.2, 0.25) is 0 Å². The Morgan fingerprint density at radius 3 is 2.48 bits per heavy atom. The molecule has 0 aromatic heterocycles. The molecule has 0 spiro atoms. The van der Waals surface area contributed by atoms with Crippen molar-refractivity contribution >= 4 is 0 Å². The third-order valence-corrected chi connectivity index (χ3v) is 4.10. The molecule has 1 aromatic carbocycles. The first-order chi connectivity index (χ1) is 10.2. The molecule has 116 valence electrons. The maximum absolute atomic E-state index is 9.40. The summed E-state index contributed by atoms with van der Waals surface area (Å²) in [6, 6.07) is 13.1. The van der Waals surface area contributed by atoms with Gasteiger partial charge in [-0.3, -0.25) is 5.32 Å². The molecule has 0 bridgehead atoms. The molecule has 1 atom stereocenters. The molecule has 1 unspecified atom stereocenters. The summed E-state index contributed by atoms with van der Waals surface area (Å²) in [5, 5.41) is 12.7. The van der Waals surface area contributed by atoms with Crippen molar-refractivity contribution in [1.82, 2.24) is 10.2 Å². The Kier molecular flexibility index (Phi) is 8.04. The minimum absolute atomic E-state index is 0.338. The van der Waals surface area contributed by atoms with Gasteiger partial charge in [0, 0.05) is 6.54 Å². The second kappa shape index (κ2) is 9.55. The van der Waals surface area contributed by atoms with Crippen molar-refractivity contribution < 1.29 is 0 Å². The molecule has 1 aromatic rings. The molecule has 3 nitrogen and oxygen atoms in total. The van der Waals surface area contributed by atoms with Gasteiger partial charge in [-0.05, 0) is 51.4 Å². The maximum atomic E-state index is 9.40. The number of likely N-dealkylation sites (N-methyl/N-ethyl adjacent to an activating group) is 1. The summed E-state index contributed by atoms with van der Waals surface area (Å²) in [5.41, 5.74) is 1.05. The van der Waals surface area contributed by atoms with E-state index in [-0.39, 0.29) is 5.54 Å². The monoisotopic (exact) mass is 287 g/mol. The van der Waals surface area contributed by atoms with Gasteiger partial charge in [0.15, 0.2) is 0 Å². The van der Waals surface area contributed by atoms with Crippen LogP contribution in [0.15, 0.2) is 30.3 Å². The Bertz CT molecular complexity index is 424. The summed E-state index contributed by atoms with van der Waals surface area (Å²) in [7, 11) is 2.16. The van der Waals surface area contributed by atoms with E-state index in [0.717, 1.165) is 45.3 Å². The van der Waals surface area contributed by atoms with E-state index in [9.17, 15) is 5.26 Å². The molecular weight excluding hydrogens is 258 g/mol. The lowest BCUT2D eigenvalue weighted by Gasteiger charge is -2.27. The maximum Gasteiger partial charge on any atom is 0.106 e. The molecule has 0 fully saturated rings.